The number of piperidine rings is 1. The summed E-state index contributed by atoms with van der Waals surface area (Å²) in [6, 6.07) is 28.6. The minimum Gasteiger partial charge on any atom is -0.352 e. The number of hydrogen-bond acceptors (Lipinski definition) is 2. The minimum atomic E-state index is -0.499. The van der Waals surface area contributed by atoms with E-state index in [1.807, 2.05) is 53.4 Å². The molecule has 1 aliphatic heterocycles. The molecule has 0 aliphatic carbocycles. The van der Waals surface area contributed by atoms with E-state index in [1.165, 1.54) is 11.1 Å². The molecule has 1 saturated heterocycles. The lowest BCUT2D eigenvalue weighted by atomic mass is 9.72. The Morgan fingerprint density at radius 2 is 1.44 bits per heavy atom. The number of benzene rings is 3. The monoisotopic (exact) mass is 454 g/mol. The molecule has 0 aromatic heterocycles. The normalized spacial score (nSPS) is 15.0. The van der Waals surface area contributed by atoms with Crippen LogP contribution in [0.2, 0.25) is 0 Å². The highest BCUT2D eigenvalue weighted by atomic mass is 16.2. The van der Waals surface area contributed by atoms with Gasteiger partial charge in [-0.05, 0) is 49.3 Å². The smallest absolute Gasteiger partial charge is 0.226 e. The van der Waals surface area contributed by atoms with E-state index in [4.69, 9.17) is 0 Å². The van der Waals surface area contributed by atoms with Crippen LogP contribution in [-0.4, -0.2) is 29.8 Å². The molecule has 0 radical (unpaired) electrons. The Labute approximate surface area is 203 Å². The number of carbonyl (C=O) groups excluding carboxylic acids is 2. The number of nitrogens with one attached hydrogen (secondary N) is 1. The third kappa shape index (κ3) is 6.13. The number of carbonyl (C=O) groups is 2. The molecule has 34 heavy (non-hydrogen) atoms. The zero-order valence-electron chi connectivity index (χ0n) is 20.0. The summed E-state index contributed by atoms with van der Waals surface area (Å²) in [5, 5.41) is 3.21. The van der Waals surface area contributed by atoms with Crippen molar-refractivity contribution in [2.75, 3.05) is 13.1 Å². The van der Waals surface area contributed by atoms with E-state index >= 15 is 0 Å². The van der Waals surface area contributed by atoms with Crippen LogP contribution in [0.4, 0.5) is 0 Å². The van der Waals surface area contributed by atoms with Crippen LogP contribution in [0.15, 0.2) is 84.9 Å². The number of hydrogen-bond donors (Lipinski definition) is 1. The minimum absolute atomic E-state index is 0.0919. The van der Waals surface area contributed by atoms with Gasteiger partial charge in [-0.2, -0.15) is 0 Å². The zero-order valence-corrected chi connectivity index (χ0v) is 20.0. The van der Waals surface area contributed by atoms with E-state index in [0.717, 1.165) is 17.5 Å². The van der Waals surface area contributed by atoms with Gasteiger partial charge in [0.15, 0.2) is 0 Å². The molecule has 4 heteroatoms. The Hall–Kier alpha value is -3.40. The van der Waals surface area contributed by atoms with Gasteiger partial charge < -0.3 is 10.2 Å². The molecule has 0 bridgehead atoms. The summed E-state index contributed by atoms with van der Waals surface area (Å²) in [5.41, 5.74) is 4.14. The molecule has 0 spiro atoms. The molecule has 176 valence electrons. The van der Waals surface area contributed by atoms with Crippen LogP contribution in [0, 0.1) is 12.3 Å². The van der Waals surface area contributed by atoms with Crippen LogP contribution in [0.1, 0.15) is 41.5 Å². The highest BCUT2D eigenvalue weighted by molar-refractivity contribution is 5.84. The van der Waals surface area contributed by atoms with Gasteiger partial charge in [0.25, 0.3) is 0 Å². The zero-order chi connectivity index (χ0) is 23.8. The Kier molecular flexibility index (Phi) is 7.79. The first-order chi connectivity index (χ1) is 16.5. The first kappa shape index (κ1) is 23.7. The van der Waals surface area contributed by atoms with Gasteiger partial charge in [-0.1, -0.05) is 90.5 Å². The maximum atomic E-state index is 13.6. The summed E-state index contributed by atoms with van der Waals surface area (Å²) in [5.74, 6) is 0.270. The maximum absolute atomic E-state index is 13.6. The van der Waals surface area contributed by atoms with Gasteiger partial charge in [0, 0.05) is 26.1 Å². The lowest BCUT2D eigenvalue weighted by Crippen LogP contribution is -2.51. The Morgan fingerprint density at radius 1 is 0.824 bits per heavy atom. The molecule has 0 saturated carbocycles. The average molecular weight is 455 g/mol. The number of rotatable bonds is 8. The van der Waals surface area contributed by atoms with Crippen LogP contribution in [0.25, 0.3) is 0 Å². The van der Waals surface area contributed by atoms with Gasteiger partial charge in [-0.3, -0.25) is 9.59 Å². The SMILES string of the molecule is Cc1cccc(CNC(=O)C2(Cc3ccccc3)CCN(C(=O)CCc3ccccc3)CC2)c1. The van der Waals surface area contributed by atoms with E-state index in [0.29, 0.717) is 45.3 Å². The fourth-order valence-electron chi connectivity index (χ4n) is 4.90. The van der Waals surface area contributed by atoms with Crippen LogP contribution >= 0.6 is 0 Å². The first-order valence-electron chi connectivity index (χ1n) is 12.2. The second kappa shape index (κ2) is 11.1. The topological polar surface area (TPSA) is 49.4 Å². The molecule has 1 fully saturated rings. The lowest BCUT2D eigenvalue weighted by molar-refractivity contribution is -0.140. The standard InChI is InChI=1S/C30H34N2O2/c1-24-9-8-14-27(21-24)23-31-29(34)30(22-26-12-6-3-7-13-26)17-19-32(20-18-30)28(33)16-15-25-10-4-2-5-11-25/h2-14,21H,15-20,22-23H2,1H3,(H,31,34). The Balaban J connectivity index is 1.41. The largest absolute Gasteiger partial charge is 0.352 e. The highest BCUT2D eigenvalue weighted by Gasteiger charge is 2.42. The predicted octanol–water partition coefficient (Wildman–Crippen LogP) is 5.10. The van der Waals surface area contributed by atoms with Crippen molar-refractivity contribution in [2.24, 2.45) is 5.41 Å². The van der Waals surface area contributed by atoms with Gasteiger partial charge in [0.1, 0.15) is 0 Å². The van der Waals surface area contributed by atoms with Crippen molar-refractivity contribution in [3.05, 3.63) is 107 Å². The first-order valence-corrected chi connectivity index (χ1v) is 12.2. The second-order valence-electron chi connectivity index (χ2n) is 9.48. The fourth-order valence-corrected chi connectivity index (χ4v) is 4.90. The van der Waals surface area contributed by atoms with Crippen LogP contribution in [-0.2, 0) is 29.0 Å². The van der Waals surface area contributed by atoms with Crippen molar-refractivity contribution >= 4 is 11.8 Å². The molecule has 1 N–H and O–H groups in total. The number of nitrogens with zero attached hydrogens (tertiary/aromatic N) is 1. The van der Waals surface area contributed by atoms with Crippen molar-refractivity contribution in [3.63, 3.8) is 0 Å². The second-order valence-corrected chi connectivity index (χ2v) is 9.48. The van der Waals surface area contributed by atoms with E-state index in [1.54, 1.807) is 0 Å². The fraction of sp³-hybridized carbons (Fsp3) is 0.333. The molecule has 4 rings (SSSR count). The van der Waals surface area contributed by atoms with E-state index in [9.17, 15) is 9.59 Å². The van der Waals surface area contributed by atoms with Gasteiger partial charge in [0.2, 0.25) is 11.8 Å². The quantitative estimate of drug-likeness (QED) is 0.515. The predicted molar refractivity (Wildman–Crippen MR) is 136 cm³/mol. The van der Waals surface area contributed by atoms with E-state index < -0.39 is 5.41 Å². The summed E-state index contributed by atoms with van der Waals surface area (Å²) in [7, 11) is 0. The summed E-state index contributed by atoms with van der Waals surface area (Å²) < 4.78 is 0. The third-order valence-corrected chi connectivity index (χ3v) is 6.95. The molecule has 4 nitrogen and oxygen atoms in total. The molecule has 0 unspecified atom stereocenters. The van der Waals surface area contributed by atoms with Gasteiger partial charge in [0.05, 0.1) is 5.41 Å². The maximum Gasteiger partial charge on any atom is 0.226 e. The molecule has 1 aliphatic rings. The Morgan fingerprint density at radius 3 is 2.09 bits per heavy atom. The van der Waals surface area contributed by atoms with Gasteiger partial charge >= 0.3 is 0 Å². The molecular weight excluding hydrogens is 420 g/mol. The van der Waals surface area contributed by atoms with Crippen molar-refractivity contribution in [1.82, 2.24) is 10.2 Å². The van der Waals surface area contributed by atoms with Gasteiger partial charge in [-0.25, -0.2) is 0 Å². The molecule has 3 aromatic carbocycles. The number of likely N-dealkylation sites (tertiary alicyclic amines) is 1. The van der Waals surface area contributed by atoms with Crippen molar-refractivity contribution in [3.8, 4) is 0 Å². The molecule has 1 heterocycles. The average Bonchev–Trinajstić information content (AvgIpc) is 2.87. The van der Waals surface area contributed by atoms with Crippen molar-refractivity contribution < 1.29 is 9.59 Å². The van der Waals surface area contributed by atoms with Crippen molar-refractivity contribution in [2.45, 2.75) is 45.6 Å². The molecule has 2 amide bonds. The summed E-state index contributed by atoms with van der Waals surface area (Å²) in [6.45, 7) is 3.83. The summed E-state index contributed by atoms with van der Waals surface area (Å²) >= 11 is 0. The van der Waals surface area contributed by atoms with Crippen LogP contribution in [0.5, 0.6) is 0 Å². The lowest BCUT2D eigenvalue weighted by Gasteiger charge is -2.41. The van der Waals surface area contributed by atoms with Gasteiger partial charge in [-0.15, -0.1) is 0 Å². The van der Waals surface area contributed by atoms with E-state index in [2.05, 4.69) is 48.6 Å². The van der Waals surface area contributed by atoms with Crippen LogP contribution < -0.4 is 5.32 Å². The Bertz CT molecular complexity index is 1090. The summed E-state index contributed by atoms with van der Waals surface area (Å²) in [4.78, 5) is 28.4. The number of amides is 2. The third-order valence-electron chi connectivity index (χ3n) is 6.95. The van der Waals surface area contributed by atoms with Crippen LogP contribution in [0.3, 0.4) is 0 Å². The van der Waals surface area contributed by atoms with E-state index in [-0.39, 0.29) is 11.8 Å². The molecule has 0 atom stereocenters. The number of aryl methyl sites for hydroxylation is 2. The summed E-state index contributed by atoms with van der Waals surface area (Å²) in [6.07, 6.45) is 3.31. The van der Waals surface area contributed by atoms with Crippen molar-refractivity contribution in [1.29, 1.82) is 0 Å². The highest BCUT2D eigenvalue weighted by Crippen LogP contribution is 2.36. The molecular formula is C30H34N2O2. The molecule has 3 aromatic rings.